The molecule has 3 N–H and O–H groups in total. The van der Waals surface area contributed by atoms with Gasteiger partial charge in [-0.2, -0.15) is 0 Å². The minimum Gasteiger partial charge on any atom is -0.497 e. The normalized spacial score (nSPS) is 16.5. The van der Waals surface area contributed by atoms with E-state index in [2.05, 4.69) is 10.6 Å². The zero-order valence-corrected chi connectivity index (χ0v) is 13.3. The van der Waals surface area contributed by atoms with Crippen LogP contribution in [0.4, 0.5) is 4.79 Å². The number of methoxy groups -OCH3 is 1. The van der Waals surface area contributed by atoms with Crippen molar-refractivity contribution in [3.8, 4) is 5.75 Å². The van der Waals surface area contributed by atoms with Gasteiger partial charge in [-0.25, -0.2) is 4.79 Å². The topological polar surface area (TPSA) is 71.9 Å². The van der Waals surface area contributed by atoms with E-state index in [1.165, 1.54) is 11.9 Å². The van der Waals surface area contributed by atoms with Crippen LogP contribution < -0.4 is 20.3 Å². The summed E-state index contributed by atoms with van der Waals surface area (Å²) in [6, 6.07) is 7.65. The Morgan fingerprint density at radius 1 is 1.32 bits per heavy atom. The number of ether oxygens (including phenoxy) is 1. The summed E-state index contributed by atoms with van der Waals surface area (Å²) in [4.78, 5) is 24.7. The summed E-state index contributed by atoms with van der Waals surface area (Å²) in [6.07, 6.45) is 2.26. The summed E-state index contributed by atoms with van der Waals surface area (Å²) >= 11 is 0. The van der Waals surface area contributed by atoms with Crippen molar-refractivity contribution in [3.63, 3.8) is 0 Å². The molecule has 1 aliphatic carbocycles. The molecule has 0 heterocycles. The molecule has 2 atom stereocenters. The van der Waals surface area contributed by atoms with Gasteiger partial charge >= 0.3 is 6.03 Å². The van der Waals surface area contributed by atoms with Crippen molar-refractivity contribution >= 4 is 11.9 Å². The number of hydrogen-bond acceptors (Lipinski definition) is 3. The van der Waals surface area contributed by atoms with Crippen LogP contribution in [0.25, 0.3) is 0 Å². The van der Waals surface area contributed by atoms with E-state index in [1.807, 2.05) is 31.2 Å². The van der Waals surface area contributed by atoms with E-state index in [-0.39, 0.29) is 11.9 Å². The quantitative estimate of drug-likeness (QED) is 0.697. The van der Waals surface area contributed by atoms with Crippen molar-refractivity contribution in [2.75, 3.05) is 14.2 Å². The molecule has 1 aromatic carbocycles. The lowest BCUT2D eigenvalue weighted by Gasteiger charge is -2.25. The first-order valence-corrected chi connectivity index (χ1v) is 7.56. The Kier molecular flexibility index (Phi) is 5.38. The van der Waals surface area contributed by atoms with Gasteiger partial charge in [0.1, 0.15) is 12.3 Å². The van der Waals surface area contributed by atoms with Crippen LogP contribution in [0.2, 0.25) is 0 Å². The fraction of sp³-hybridized carbons (Fsp3) is 0.500. The summed E-state index contributed by atoms with van der Waals surface area (Å²) in [5.41, 5.74) is 1.15. The van der Waals surface area contributed by atoms with Gasteiger partial charge in [-0.05, 0) is 31.2 Å². The van der Waals surface area contributed by atoms with Gasteiger partial charge in [0.05, 0.1) is 13.2 Å². The van der Waals surface area contributed by atoms with Gasteiger partial charge < -0.3 is 15.0 Å². The lowest BCUT2D eigenvalue weighted by atomic mass is 10.1. The molecule has 0 spiro atoms. The Labute approximate surface area is 130 Å². The molecule has 0 saturated heterocycles. The minimum atomic E-state index is -0.462. The van der Waals surface area contributed by atoms with Crippen LogP contribution in [0, 0.1) is 0 Å². The maximum atomic E-state index is 12.2. The zero-order valence-electron chi connectivity index (χ0n) is 13.3. The van der Waals surface area contributed by atoms with E-state index >= 15 is 0 Å². The molecular weight excluding hydrogens is 282 g/mol. The summed E-state index contributed by atoms with van der Waals surface area (Å²) < 4.78 is 5.16. The minimum absolute atomic E-state index is 0.241. The van der Waals surface area contributed by atoms with E-state index in [0.29, 0.717) is 6.04 Å². The van der Waals surface area contributed by atoms with Crippen LogP contribution in [0.5, 0.6) is 5.75 Å². The molecule has 0 bridgehead atoms. The first kappa shape index (κ1) is 16.3. The number of hydrogen-bond donors (Lipinski definition) is 3. The van der Waals surface area contributed by atoms with Gasteiger partial charge in [0.15, 0.2) is 6.04 Å². The fourth-order valence-corrected chi connectivity index (χ4v) is 2.54. The smallest absolute Gasteiger partial charge is 0.321 e. The van der Waals surface area contributed by atoms with Gasteiger partial charge in [0, 0.05) is 25.5 Å². The molecule has 6 nitrogen and oxygen atoms in total. The third-order valence-electron chi connectivity index (χ3n) is 4.08. The molecule has 1 saturated carbocycles. The number of nitrogens with one attached hydrogen (secondary N) is 3. The first-order chi connectivity index (χ1) is 10.5. The van der Waals surface area contributed by atoms with Crippen LogP contribution in [0.3, 0.4) is 0 Å². The van der Waals surface area contributed by atoms with Gasteiger partial charge in [0.25, 0.3) is 5.91 Å². The van der Waals surface area contributed by atoms with Crippen molar-refractivity contribution in [2.24, 2.45) is 0 Å². The Hall–Kier alpha value is -2.08. The summed E-state index contributed by atoms with van der Waals surface area (Å²) in [6.45, 7) is 2.63. The highest BCUT2D eigenvalue weighted by molar-refractivity contribution is 5.96. The van der Waals surface area contributed by atoms with Crippen molar-refractivity contribution in [2.45, 2.75) is 38.4 Å². The first-order valence-electron chi connectivity index (χ1n) is 7.56. The lowest BCUT2D eigenvalue weighted by Crippen LogP contribution is -3.16. The third kappa shape index (κ3) is 4.21. The van der Waals surface area contributed by atoms with Crippen LogP contribution in [0.15, 0.2) is 24.3 Å². The van der Waals surface area contributed by atoms with Crippen molar-refractivity contribution in [1.29, 1.82) is 0 Å². The molecule has 22 heavy (non-hydrogen) atoms. The van der Waals surface area contributed by atoms with Gasteiger partial charge in [-0.15, -0.1) is 0 Å². The highest BCUT2D eigenvalue weighted by Crippen LogP contribution is 2.17. The lowest BCUT2D eigenvalue weighted by molar-refractivity contribution is -0.938. The number of quaternary nitrogens is 1. The Balaban J connectivity index is 2.02. The summed E-state index contributed by atoms with van der Waals surface area (Å²) in [5.74, 6) is 0.580. The molecule has 1 fully saturated rings. The van der Waals surface area contributed by atoms with Crippen LogP contribution in [-0.4, -0.2) is 38.2 Å². The monoisotopic (exact) mass is 306 g/mol. The van der Waals surface area contributed by atoms with Gasteiger partial charge in [-0.3, -0.25) is 10.1 Å². The predicted octanol–water partition coefficient (Wildman–Crippen LogP) is 0.0866. The number of carbonyl (C=O) groups is 2. The molecule has 6 heteroatoms. The highest BCUT2D eigenvalue weighted by atomic mass is 16.5. The van der Waals surface area contributed by atoms with E-state index in [9.17, 15) is 9.59 Å². The molecule has 120 valence electrons. The number of amides is 3. The maximum absolute atomic E-state index is 12.2. The number of urea groups is 1. The maximum Gasteiger partial charge on any atom is 0.321 e. The van der Waals surface area contributed by atoms with Crippen LogP contribution in [0.1, 0.15) is 25.3 Å². The Morgan fingerprint density at radius 3 is 2.45 bits per heavy atom. The number of carbonyl (C=O) groups excluding carboxylic acids is 2. The molecule has 1 unspecified atom stereocenters. The molecular formula is C16H24N3O3+. The average Bonchev–Trinajstić information content (AvgIpc) is 3.37. The van der Waals surface area contributed by atoms with Crippen molar-refractivity contribution in [3.05, 3.63) is 29.8 Å². The molecule has 0 aliphatic heterocycles. The van der Waals surface area contributed by atoms with Crippen LogP contribution in [-0.2, 0) is 11.3 Å². The van der Waals surface area contributed by atoms with Crippen molar-refractivity contribution in [1.82, 2.24) is 10.6 Å². The summed E-state index contributed by atoms with van der Waals surface area (Å²) in [7, 11) is 3.14. The number of benzene rings is 1. The van der Waals surface area contributed by atoms with E-state index < -0.39 is 6.03 Å². The molecule has 1 aromatic rings. The number of imide groups is 1. The van der Waals surface area contributed by atoms with Gasteiger partial charge in [-0.1, -0.05) is 0 Å². The van der Waals surface area contributed by atoms with Gasteiger partial charge in [0.2, 0.25) is 0 Å². The average molecular weight is 306 g/mol. The Bertz CT molecular complexity index is 526. The Morgan fingerprint density at radius 2 is 1.95 bits per heavy atom. The van der Waals surface area contributed by atoms with Crippen LogP contribution >= 0.6 is 0 Å². The van der Waals surface area contributed by atoms with E-state index in [0.717, 1.165) is 30.7 Å². The fourth-order valence-electron chi connectivity index (χ4n) is 2.54. The third-order valence-corrected chi connectivity index (χ3v) is 4.08. The standard InChI is InChI=1S/C16H23N3O3/c1-11(15(20)18-16(21)17-2)19(13-6-7-13)10-12-4-8-14(22-3)9-5-12/h4-5,8-9,11,13H,6-7,10H2,1-3H3,(H2,17,18,20,21)/p+1/t11-/m1/s1. The largest absolute Gasteiger partial charge is 0.497 e. The molecule has 3 amide bonds. The van der Waals surface area contributed by atoms with E-state index in [1.54, 1.807) is 7.11 Å². The highest BCUT2D eigenvalue weighted by Gasteiger charge is 2.39. The zero-order chi connectivity index (χ0) is 16.1. The molecule has 2 rings (SSSR count). The molecule has 0 aromatic heterocycles. The molecule has 1 aliphatic rings. The second-order valence-corrected chi connectivity index (χ2v) is 5.66. The SMILES string of the molecule is CNC(=O)NC(=O)[C@@H](C)[NH+](Cc1ccc(OC)cc1)C1CC1. The van der Waals surface area contributed by atoms with E-state index in [4.69, 9.17) is 4.74 Å². The molecule has 0 radical (unpaired) electrons. The second-order valence-electron chi connectivity index (χ2n) is 5.66. The number of rotatable bonds is 6. The second kappa shape index (κ2) is 7.26. The predicted molar refractivity (Wildman–Crippen MR) is 82.7 cm³/mol. The van der Waals surface area contributed by atoms with Crippen molar-refractivity contribution < 1.29 is 19.2 Å². The summed E-state index contributed by atoms with van der Waals surface area (Å²) in [5, 5.41) is 4.77.